The van der Waals surface area contributed by atoms with Crippen LogP contribution in [0.25, 0.3) is 0 Å². The molecule has 0 aliphatic rings. The maximum atomic E-state index is 11.7. The van der Waals surface area contributed by atoms with Gasteiger partial charge in [0.25, 0.3) is 0 Å². The van der Waals surface area contributed by atoms with Gasteiger partial charge in [-0.1, -0.05) is 64.1 Å². The normalized spacial score (nSPS) is 13.5. The summed E-state index contributed by atoms with van der Waals surface area (Å²) < 4.78 is 5.47. The van der Waals surface area contributed by atoms with Crippen molar-refractivity contribution in [3.63, 3.8) is 0 Å². The Balaban J connectivity index is 2.23. The van der Waals surface area contributed by atoms with Crippen molar-refractivity contribution >= 4 is 5.97 Å². The van der Waals surface area contributed by atoms with Crippen molar-refractivity contribution in [2.24, 2.45) is 11.8 Å². The Labute approximate surface area is 183 Å². The zero-order chi connectivity index (χ0) is 22.1. The Morgan fingerprint density at radius 2 is 1.60 bits per heavy atom. The van der Waals surface area contributed by atoms with Crippen molar-refractivity contribution in [1.29, 1.82) is 0 Å². The van der Waals surface area contributed by atoms with Crippen molar-refractivity contribution in [2.45, 2.75) is 59.3 Å². The Hall–Kier alpha value is -2.13. The highest BCUT2D eigenvalue weighted by atomic mass is 16.5. The van der Waals surface area contributed by atoms with Gasteiger partial charge in [-0.2, -0.15) is 0 Å². The van der Waals surface area contributed by atoms with Crippen LogP contribution in [-0.2, 0) is 17.6 Å². The van der Waals surface area contributed by atoms with Gasteiger partial charge in [-0.25, -0.2) is 0 Å². The number of esters is 1. The Morgan fingerprint density at radius 3 is 2.13 bits per heavy atom. The lowest BCUT2D eigenvalue weighted by Gasteiger charge is -2.30. The molecule has 0 aromatic heterocycles. The van der Waals surface area contributed by atoms with Crippen LogP contribution < -0.4 is 4.74 Å². The summed E-state index contributed by atoms with van der Waals surface area (Å²) in [5, 5.41) is 0. The summed E-state index contributed by atoms with van der Waals surface area (Å²) in [5.41, 5.74) is 4.05. The molecule has 0 saturated heterocycles. The van der Waals surface area contributed by atoms with Crippen LogP contribution in [0.15, 0.2) is 48.5 Å². The van der Waals surface area contributed by atoms with E-state index in [1.54, 1.807) is 0 Å². The average Bonchev–Trinajstić information content (AvgIpc) is 2.69. The van der Waals surface area contributed by atoms with Gasteiger partial charge in [0.1, 0.15) is 5.75 Å². The summed E-state index contributed by atoms with van der Waals surface area (Å²) in [5.74, 6) is 2.03. The standard InChI is InChI=1S/C27H39NO2/c1-7-26(23-10-9-11-25(18-23)30-27(29)8-2)24(19-28(5)6)17-22-14-12-21(13-15-22)16-20(3)4/h9-15,18,20,24,26H,7-8,16-17,19H2,1-6H3. The molecule has 2 aromatic rings. The van der Waals surface area contributed by atoms with Crippen molar-refractivity contribution in [3.8, 4) is 5.75 Å². The van der Waals surface area contributed by atoms with E-state index in [0.29, 0.717) is 29.9 Å². The summed E-state index contributed by atoms with van der Waals surface area (Å²) in [6, 6.07) is 17.3. The minimum Gasteiger partial charge on any atom is -0.427 e. The number of carbonyl (C=O) groups is 1. The Bertz CT molecular complexity index is 780. The van der Waals surface area contributed by atoms with Gasteiger partial charge in [0.2, 0.25) is 0 Å². The fraction of sp³-hybridized carbons (Fsp3) is 0.519. The number of carbonyl (C=O) groups excluding carboxylic acids is 1. The molecule has 2 aromatic carbocycles. The molecule has 0 aliphatic carbocycles. The first kappa shape index (κ1) is 24.1. The van der Waals surface area contributed by atoms with Crippen molar-refractivity contribution < 1.29 is 9.53 Å². The monoisotopic (exact) mass is 409 g/mol. The maximum Gasteiger partial charge on any atom is 0.310 e. The van der Waals surface area contributed by atoms with Gasteiger partial charge in [0.05, 0.1) is 0 Å². The van der Waals surface area contributed by atoms with Crippen LogP contribution in [0, 0.1) is 11.8 Å². The van der Waals surface area contributed by atoms with E-state index in [2.05, 4.69) is 76.2 Å². The molecule has 0 N–H and O–H groups in total. The molecule has 30 heavy (non-hydrogen) atoms. The van der Waals surface area contributed by atoms with E-state index >= 15 is 0 Å². The molecule has 2 atom stereocenters. The summed E-state index contributed by atoms with van der Waals surface area (Å²) >= 11 is 0. The van der Waals surface area contributed by atoms with Gasteiger partial charge < -0.3 is 9.64 Å². The molecule has 0 aliphatic heterocycles. The number of ether oxygens (including phenoxy) is 1. The van der Waals surface area contributed by atoms with Crippen LogP contribution in [0.5, 0.6) is 5.75 Å². The molecule has 0 fully saturated rings. The molecule has 2 rings (SSSR count). The number of rotatable bonds is 11. The summed E-state index contributed by atoms with van der Waals surface area (Å²) in [6.45, 7) is 9.62. The molecule has 0 radical (unpaired) electrons. The molecule has 3 nitrogen and oxygen atoms in total. The second-order valence-corrected chi connectivity index (χ2v) is 9.06. The van der Waals surface area contributed by atoms with Gasteiger partial charge in [-0.15, -0.1) is 0 Å². The van der Waals surface area contributed by atoms with E-state index in [1.165, 1.54) is 16.7 Å². The molecule has 0 spiro atoms. The van der Waals surface area contributed by atoms with Gasteiger partial charge in [0.15, 0.2) is 0 Å². The number of benzene rings is 2. The van der Waals surface area contributed by atoms with Crippen LogP contribution in [0.1, 0.15) is 63.1 Å². The minimum atomic E-state index is -0.188. The number of hydrogen-bond acceptors (Lipinski definition) is 3. The van der Waals surface area contributed by atoms with Crippen LogP contribution in [0.3, 0.4) is 0 Å². The molecular formula is C27H39NO2. The first-order chi connectivity index (χ1) is 14.3. The largest absolute Gasteiger partial charge is 0.427 e. The highest BCUT2D eigenvalue weighted by Crippen LogP contribution is 2.33. The highest BCUT2D eigenvalue weighted by molar-refractivity contribution is 5.71. The lowest BCUT2D eigenvalue weighted by atomic mass is 9.80. The second-order valence-electron chi connectivity index (χ2n) is 9.06. The topological polar surface area (TPSA) is 29.5 Å². The van der Waals surface area contributed by atoms with E-state index in [1.807, 2.05) is 19.1 Å². The van der Waals surface area contributed by atoms with E-state index in [4.69, 9.17) is 4.74 Å². The smallest absolute Gasteiger partial charge is 0.310 e. The first-order valence-electron chi connectivity index (χ1n) is 11.4. The summed E-state index contributed by atoms with van der Waals surface area (Å²) in [6.07, 6.45) is 3.60. The highest BCUT2D eigenvalue weighted by Gasteiger charge is 2.23. The average molecular weight is 410 g/mol. The van der Waals surface area contributed by atoms with Gasteiger partial charge >= 0.3 is 5.97 Å². The van der Waals surface area contributed by atoms with Crippen molar-refractivity contribution in [3.05, 3.63) is 65.2 Å². The van der Waals surface area contributed by atoms with Gasteiger partial charge in [-0.3, -0.25) is 4.79 Å². The Kier molecular flexibility index (Phi) is 9.58. The third kappa shape index (κ3) is 7.60. The number of hydrogen-bond donors (Lipinski definition) is 0. The molecule has 0 bridgehead atoms. The van der Waals surface area contributed by atoms with Crippen LogP contribution in [0.2, 0.25) is 0 Å². The summed E-state index contributed by atoms with van der Waals surface area (Å²) in [4.78, 5) is 14.0. The second kappa shape index (κ2) is 11.9. The third-order valence-electron chi connectivity index (χ3n) is 5.58. The molecular weight excluding hydrogens is 370 g/mol. The molecule has 164 valence electrons. The first-order valence-corrected chi connectivity index (χ1v) is 11.4. The SMILES string of the molecule is CCC(=O)Oc1cccc(C(CC)C(Cc2ccc(CC(C)C)cc2)CN(C)C)c1. The van der Waals surface area contributed by atoms with Crippen molar-refractivity contribution in [2.75, 3.05) is 20.6 Å². The van der Waals surface area contributed by atoms with Crippen molar-refractivity contribution in [1.82, 2.24) is 4.90 Å². The van der Waals surface area contributed by atoms with E-state index in [0.717, 1.165) is 25.8 Å². The van der Waals surface area contributed by atoms with E-state index in [9.17, 15) is 4.79 Å². The molecule has 3 heteroatoms. The quantitative estimate of drug-likeness (QED) is 0.331. The van der Waals surface area contributed by atoms with Crippen LogP contribution >= 0.6 is 0 Å². The Morgan fingerprint density at radius 1 is 0.967 bits per heavy atom. The fourth-order valence-electron chi connectivity index (χ4n) is 4.24. The van der Waals surface area contributed by atoms with Gasteiger partial charge in [0, 0.05) is 13.0 Å². The molecule has 2 unspecified atom stereocenters. The predicted octanol–water partition coefficient (Wildman–Crippen LogP) is 6.11. The minimum absolute atomic E-state index is 0.188. The lowest BCUT2D eigenvalue weighted by molar-refractivity contribution is -0.134. The van der Waals surface area contributed by atoms with Crippen LogP contribution in [-0.4, -0.2) is 31.5 Å². The lowest BCUT2D eigenvalue weighted by Crippen LogP contribution is -2.28. The zero-order valence-corrected chi connectivity index (χ0v) is 19.7. The van der Waals surface area contributed by atoms with Crippen LogP contribution in [0.4, 0.5) is 0 Å². The zero-order valence-electron chi connectivity index (χ0n) is 19.7. The maximum absolute atomic E-state index is 11.7. The molecule has 0 amide bonds. The van der Waals surface area contributed by atoms with Gasteiger partial charge in [-0.05, 0) is 79.9 Å². The third-order valence-corrected chi connectivity index (χ3v) is 5.58. The number of nitrogens with zero attached hydrogens (tertiary/aromatic N) is 1. The predicted molar refractivity (Wildman–Crippen MR) is 126 cm³/mol. The molecule has 0 heterocycles. The summed E-state index contributed by atoms with van der Waals surface area (Å²) in [7, 11) is 4.29. The fourth-order valence-corrected chi connectivity index (χ4v) is 4.24. The van der Waals surface area contributed by atoms with E-state index < -0.39 is 0 Å². The van der Waals surface area contributed by atoms with E-state index in [-0.39, 0.29) is 5.97 Å². The molecule has 0 saturated carbocycles.